The first-order valence-corrected chi connectivity index (χ1v) is 9.56. The molecule has 1 heterocycles. The molecule has 0 N–H and O–H groups in total. The van der Waals surface area contributed by atoms with Crippen LogP contribution in [0.4, 0.5) is 0 Å². The zero-order chi connectivity index (χ0) is 18.5. The normalized spacial score (nSPS) is 14.5. The zero-order valence-electron chi connectivity index (χ0n) is 15.8. The van der Waals surface area contributed by atoms with E-state index in [1.165, 1.54) is 11.1 Å². The number of benzene rings is 1. The molecule has 1 unspecified atom stereocenters. The number of hydrogen-bond donors (Lipinski definition) is 0. The van der Waals surface area contributed by atoms with Crippen LogP contribution in [0.2, 0.25) is 0 Å². The number of imidazole rings is 1. The van der Waals surface area contributed by atoms with Crippen LogP contribution >= 0.6 is 0 Å². The average molecular weight is 352 g/mol. The molecule has 0 spiro atoms. The Balaban J connectivity index is 1.90. The molecule has 138 valence electrons. The summed E-state index contributed by atoms with van der Waals surface area (Å²) in [4.78, 5) is 17.6. The predicted octanol–water partition coefficient (Wildman–Crippen LogP) is 4.54. The fourth-order valence-corrected chi connectivity index (χ4v) is 3.80. The van der Waals surface area contributed by atoms with E-state index in [0.717, 1.165) is 49.2 Å². The Morgan fingerprint density at radius 2 is 2.12 bits per heavy atom. The van der Waals surface area contributed by atoms with E-state index in [2.05, 4.69) is 23.1 Å². The van der Waals surface area contributed by atoms with Gasteiger partial charge in [-0.3, -0.25) is 4.79 Å². The van der Waals surface area contributed by atoms with Gasteiger partial charge in [-0.15, -0.1) is 0 Å². The molecule has 1 aromatic carbocycles. The largest absolute Gasteiger partial charge is 0.489 e. The monoisotopic (exact) mass is 352 g/mol. The molecule has 0 saturated carbocycles. The van der Waals surface area contributed by atoms with Crippen LogP contribution in [0.5, 0.6) is 5.75 Å². The van der Waals surface area contributed by atoms with Crippen LogP contribution < -0.4 is 4.74 Å². The molecular weight excluding hydrogens is 324 g/mol. The maximum atomic E-state index is 13.3. The molecule has 0 amide bonds. The van der Waals surface area contributed by atoms with Crippen molar-refractivity contribution in [1.29, 1.82) is 0 Å². The second kappa shape index (κ2) is 8.35. The highest BCUT2D eigenvalue weighted by Gasteiger charge is 2.26. The maximum Gasteiger partial charge on any atom is 0.168 e. The van der Waals surface area contributed by atoms with Gasteiger partial charge >= 0.3 is 0 Å². The molecule has 1 aliphatic carbocycles. The van der Waals surface area contributed by atoms with E-state index in [1.807, 2.05) is 25.3 Å². The topological polar surface area (TPSA) is 44.1 Å². The molecule has 0 saturated heterocycles. The van der Waals surface area contributed by atoms with Crippen LogP contribution in [0, 0.1) is 12.8 Å². The Hall–Kier alpha value is -2.36. The van der Waals surface area contributed by atoms with Crippen molar-refractivity contribution in [1.82, 2.24) is 9.55 Å². The van der Waals surface area contributed by atoms with E-state index >= 15 is 0 Å². The minimum absolute atomic E-state index is 0.0335. The molecule has 1 aromatic heterocycles. The maximum absolute atomic E-state index is 13.3. The molecule has 0 bridgehead atoms. The number of fused-ring (bicyclic) bond motifs is 1. The summed E-state index contributed by atoms with van der Waals surface area (Å²) in [5.41, 5.74) is 3.30. The fraction of sp³-hybridized carbons (Fsp3) is 0.455. The van der Waals surface area contributed by atoms with Crippen LogP contribution in [0.25, 0.3) is 0 Å². The van der Waals surface area contributed by atoms with Crippen molar-refractivity contribution < 1.29 is 9.53 Å². The second-order valence-electron chi connectivity index (χ2n) is 6.97. The van der Waals surface area contributed by atoms with Gasteiger partial charge in [0.1, 0.15) is 18.2 Å². The molecule has 0 radical (unpaired) electrons. The van der Waals surface area contributed by atoms with E-state index in [1.54, 1.807) is 12.3 Å². The molecule has 0 aliphatic heterocycles. The van der Waals surface area contributed by atoms with E-state index in [4.69, 9.17) is 4.74 Å². The van der Waals surface area contributed by atoms with Crippen molar-refractivity contribution >= 4 is 5.78 Å². The summed E-state index contributed by atoms with van der Waals surface area (Å²) >= 11 is 0. The first-order valence-electron chi connectivity index (χ1n) is 9.56. The number of aromatic nitrogens is 2. The molecular formula is C22H28N2O2. The van der Waals surface area contributed by atoms with E-state index in [0.29, 0.717) is 13.2 Å². The van der Waals surface area contributed by atoms with Gasteiger partial charge in [-0.05, 0) is 62.3 Å². The molecule has 0 fully saturated rings. The van der Waals surface area contributed by atoms with Gasteiger partial charge in [-0.1, -0.05) is 19.6 Å². The summed E-state index contributed by atoms with van der Waals surface area (Å²) in [5, 5.41) is 0. The average Bonchev–Trinajstić information content (AvgIpc) is 3.08. The molecule has 3 rings (SSSR count). The molecule has 26 heavy (non-hydrogen) atoms. The Bertz CT molecular complexity index is 791. The van der Waals surface area contributed by atoms with Crippen LogP contribution in [-0.2, 0) is 19.4 Å². The number of aryl methyl sites for hydroxylation is 1. The zero-order valence-corrected chi connectivity index (χ0v) is 15.8. The van der Waals surface area contributed by atoms with Gasteiger partial charge in [0.05, 0.1) is 0 Å². The predicted molar refractivity (Wildman–Crippen MR) is 104 cm³/mol. The van der Waals surface area contributed by atoms with Gasteiger partial charge in [-0.25, -0.2) is 4.98 Å². The van der Waals surface area contributed by atoms with Gasteiger partial charge in [-0.2, -0.15) is 0 Å². The number of carbonyl (C=O) groups excluding carboxylic acids is 1. The van der Waals surface area contributed by atoms with Crippen LogP contribution in [0.15, 0.2) is 37.2 Å². The number of Topliss-reactive ketones (excluding diaryl/α,β-unsaturated/α-hetero) is 1. The van der Waals surface area contributed by atoms with E-state index < -0.39 is 0 Å². The third-order valence-corrected chi connectivity index (χ3v) is 5.32. The summed E-state index contributed by atoms with van der Waals surface area (Å²) in [6.45, 7) is 8.97. The lowest BCUT2D eigenvalue weighted by Gasteiger charge is -2.24. The van der Waals surface area contributed by atoms with Gasteiger partial charge in [0, 0.05) is 30.4 Å². The lowest BCUT2D eigenvalue weighted by Crippen LogP contribution is -2.23. The number of ketones is 1. The Kier molecular flexibility index (Phi) is 5.92. The van der Waals surface area contributed by atoms with Crippen molar-refractivity contribution in [2.75, 3.05) is 6.61 Å². The first kappa shape index (κ1) is 18.4. The van der Waals surface area contributed by atoms with Crippen molar-refractivity contribution in [3.05, 3.63) is 59.7 Å². The van der Waals surface area contributed by atoms with Crippen LogP contribution in [0.1, 0.15) is 53.5 Å². The van der Waals surface area contributed by atoms with Gasteiger partial charge in [0.2, 0.25) is 0 Å². The third-order valence-electron chi connectivity index (χ3n) is 5.32. The number of hydrogen-bond acceptors (Lipinski definition) is 3. The SMILES string of the molecule is C=CCOc1ccc(C(=O)C(CC)Cn2ccnc2C)c2c1CCCC2. The van der Waals surface area contributed by atoms with Crippen LogP contribution in [0.3, 0.4) is 0 Å². The smallest absolute Gasteiger partial charge is 0.168 e. The number of carbonyl (C=O) groups is 1. The van der Waals surface area contributed by atoms with Crippen LogP contribution in [-0.4, -0.2) is 21.9 Å². The first-order chi connectivity index (χ1) is 12.7. The summed E-state index contributed by atoms with van der Waals surface area (Å²) < 4.78 is 7.90. The van der Waals surface area contributed by atoms with Crippen molar-refractivity contribution in [2.45, 2.75) is 52.5 Å². The van der Waals surface area contributed by atoms with Crippen molar-refractivity contribution in [2.24, 2.45) is 5.92 Å². The summed E-state index contributed by atoms with van der Waals surface area (Å²) in [5.74, 6) is 2.07. The standard InChI is InChI=1S/C22H28N2O2/c1-4-14-26-21-11-10-20(18-8-6-7-9-19(18)21)22(25)17(5-2)15-24-13-12-23-16(24)3/h4,10-13,17H,1,5-9,14-15H2,2-3H3. The molecule has 4 nitrogen and oxygen atoms in total. The summed E-state index contributed by atoms with van der Waals surface area (Å²) in [6.07, 6.45) is 10.6. The number of nitrogens with zero attached hydrogens (tertiary/aromatic N) is 2. The molecule has 2 aromatic rings. The molecule has 1 atom stereocenters. The highest BCUT2D eigenvalue weighted by molar-refractivity contribution is 5.99. The molecule has 4 heteroatoms. The number of rotatable bonds is 8. The van der Waals surface area contributed by atoms with E-state index in [9.17, 15) is 4.79 Å². The quantitative estimate of drug-likeness (QED) is 0.517. The minimum Gasteiger partial charge on any atom is -0.489 e. The lowest BCUT2D eigenvalue weighted by atomic mass is 9.83. The Morgan fingerprint density at radius 3 is 2.77 bits per heavy atom. The third kappa shape index (κ3) is 3.74. The highest BCUT2D eigenvalue weighted by atomic mass is 16.5. The lowest BCUT2D eigenvalue weighted by molar-refractivity contribution is 0.0901. The van der Waals surface area contributed by atoms with Gasteiger partial charge in [0.15, 0.2) is 5.78 Å². The van der Waals surface area contributed by atoms with E-state index in [-0.39, 0.29) is 11.7 Å². The van der Waals surface area contributed by atoms with Crippen molar-refractivity contribution in [3.8, 4) is 5.75 Å². The Labute approximate surface area is 155 Å². The Morgan fingerprint density at radius 1 is 1.35 bits per heavy atom. The summed E-state index contributed by atoms with van der Waals surface area (Å²) in [7, 11) is 0. The number of ether oxygens (including phenoxy) is 1. The highest BCUT2D eigenvalue weighted by Crippen LogP contribution is 2.34. The second-order valence-corrected chi connectivity index (χ2v) is 6.97. The van der Waals surface area contributed by atoms with Crippen molar-refractivity contribution in [3.63, 3.8) is 0 Å². The van der Waals surface area contributed by atoms with Gasteiger partial charge < -0.3 is 9.30 Å². The summed E-state index contributed by atoms with van der Waals surface area (Å²) in [6, 6.07) is 3.93. The minimum atomic E-state index is -0.0335. The van der Waals surface area contributed by atoms with Gasteiger partial charge in [0.25, 0.3) is 0 Å². The fourth-order valence-electron chi connectivity index (χ4n) is 3.80. The molecule has 1 aliphatic rings.